The van der Waals surface area contributed by atoms with E-state index in [1.54, 1.807) is 37.4 Å². The smallest absolute Gasteiger partial charge is 0.265 e. The number of rotatable bonds is 8. The number of pyridine rings is 1. The molecule has 0 atom stereocenters. The van der Waals surface area contributed by atoms with E-state index in [1.807, 2.05) is 31.2 Å². The summed E-state index contributed by atoms with van der Waals surface area (Å²) < 4.78 is 34.6. The van der Waals surface area contributed by atoms with Crippen LogP contribution in [-0.2, 0) is 15.6 Å². The van der Waals surface area contributed by atoms with E-state index in [9.17, 15) is 8.42 Å². The summed E-state index contributed by atoms with van der Waals surface area (Å²) in [6.07, 6.45) is 1.62. The molecule has 4 rings (SSSR count). The van der Waals surface area contributed by atoms with Gasteiger partial charge in [-0.05, 0) is 69.2 Å². The molecule has 9 heteroatoms. The fraction of sp³-hybridized carbons (Fsp3) is 0.231. The van der Waals surface area contributed by atoms with Crippen molar-refractivity contribution in [1.29, 1.82) is 0 Å². The molecule has 0 bridgehead atoms. The molecular formula is C26H28N4O3S2. The molecule has 7 nitrogen and oxygen atoms in total. The third-order valence-corrected chi connectivity index (χ3v) is 8.19. The Balaban J connectivity index is 1.68. The minimum Gasteiger partial charge on any atom is -0.495 e. The number of thiazole rings is 1. The monoisotopic (exact) mass is 508 g/mol. The number of benzene rings is 2. The Kier molecular flexibility index (Phi) is 6.82. The second kappa shape index (κ2) is 9.67. The van der Waals surface area contributed by atoms with Gasteiger partial charge in [-0.2, -0.15) is 0 Å². The fourth-order valence-electron chi connectivity index (χ4n) is 3.73. The second-order valence-corrected chi connectivity index (χ2v) is 11.3. The lowest BCUT2D eigenvalue weighted by Crippen LogP contribution is -2.27. The van der Waals surface area contributed by atoms with Gasteiger partial charge in [-0.3, -0.25) is 9.71 Å². The highest BCUT2D eigenvalue weighted by molar-refractivity contribution is 7.92. The van der Waals surface area contributed by atoms with Gasteiger partial charge >= 0.3 is 0 Å². The Morgan fingerprint density at radius 3 is 2.40 bits per heavy atom. The van der Waals surface area contributed by atoms with Crippen LogP contribution in [-0.4, -0.2) is 25.5 Å². The van der Waals surface area contributed by atoms with Gasteiger partial charge in [0.25, 0.3) is 10.0 Å². The van der Waals surface area contributed by atoms with E-state index < -0.39 is 10.0 Å². The highest BCUT2D eigenvalue weighted by Crippen LogP contribution is 2.38. The van der Waals surface area contributed by atoms with Gasteiger partial charge in [0.2, 0.25) is 0 Å². The maximum absolute atomic E-state index is 13.3. The second-order valence-electron chi connectivity index (χ2n) is 8.66. The minimum absolute atomic E-state index is 0.0488. The van der Waals surface area contributed by atoms with Gasteiger partial charge < -0.3 is 10.1 Å². The molecule has 0 aliphatic heterocycles. The molecule has 0 unspecified atom stereocenters. The van der Waals surface area contributed by atoms with Crippen LogP contribution in [0.2, 0.25) is 0 Å². The van der Waals surface area contributed by atoms with E-state index >= 15 is 0 Å². The van der Waals surface area contributed by atoms with Crippen LogP contribution in [0.15, 0.2) is 71.8 Å². The molecular weight excluding hydrogens is 480 g/mol. The van der Waals surface area contributed by atoms with Crippen LogP contribution in [0, 0.1) is 13.8 Å². The number of ether oxygens (including phenoxy) is 1. The Morgan fingerprint density at radius 2 is 1.71 bits per heavy atom. The van der Waals surface area contributed by atoms with Gasteiger partial charge in [0.1, 0.15) is 10.6 Å². The van der Waals surface area contributed by atoms with Gasteiger partial charge in [-0.25, -0.2) is 13.4 Å². The van der Waals surface area contributed by atoms with Crippen molar-refractivity contribution in [3.63, 3.8) is 0 Å². The Morgan fingerprint density at radius 1 is 0.971 bits per heavy atom. The van der Waals surface area contributed by atoms with E-state index in [0.29, 0.717) is 11.4 Å². The van der Waals surface area contributed by atoms with Gasteiger partial charge in [0.15, 0.2) is 5.13 Å². The van der Waals surface area contributed by atoms with E-state index in [0.717, 1.165) is 26.8 Å². The summed E-state index contributed by atoms with van der Waals surface area (Å²) >= 11 is 1.49. The summed E-state index contributed by atoms with van der Waals surface area (Å²) in [7, 11) is -2.47. The lowest BCUT2D eigenvalue weighted by Gasteiger charge is -2.26. The maximum atomic E-state index is 13.3. The first-order valence-corrected chi connectivity index (χ1v) is 13.3. The quantitative estimate of drug-likeness (QED) is 0.304. The summed E-state index contributed by atoms with van der Waals surface area (Å²) in [5.41, 5.74) is 3.37. The molecule has 0 aliphatic rings. The van der Waals surface area contributed by atoms with Crippen molar-refractivity contribution in [2.24, 2.45) is 0 Å². The molecule has 0 amide bonds. The molecule has 2 heterocycles. The molecule has 0 fully saturated rings. The highest BCUT2D eigenvalue weighted by Gasteiger charge is 2.25. The average Bonchev–Trinajstić information content (AvgIpc) is 3.19. The van der Waals surface area contributed by atoms with Crippen LogP contribution < -0.4 is 14.8 Å². The van der Waals surface area contributed by atoms with Crippen molar-refractivity contribution in [3.8, 4) is 16.2 Å². The van der Waals surface area contributed by atoms with Crippen LogP contribution in [0.3, 0.4) is 0 Å². The number of methoxy groups -OCH3 is 1. The molecule has 0 saturated heterocycles. The summed E-state index contributed by atoms with van der Waals surface area (Å²) in [5, 5.41) is 4.28. The Hall–Kier alpha value is -3.43. The minimum atomic E-state index is -3.93. The standard InChI is InChI=1S/C26H28N4O3S2/c1-17-21(12-9-15-27-17)30-35(31,32)23-16-19(13-14-22(23)33-5)24-18(2)28-25(34-24)29-26(3,4)20-10-7-6-8-11-20/h6-16,30H,1-5H3,(H,28,29). The molecule has 2 aromatic heterocycles. The molecule has 2 aromatic carbocycles. The van der Waals surface area contributed by atoms with Crippen molar-refractivity contribution >= 4 is 32.2 Å². The topological polar surface area (TPSA) is 93.2 Å². The maximum Gasteiger partial charge on any atom is 0.265 e. The predicted molar refractivity (Wildman–Crippen MR) is 142 cm³/mol. The number of nitrogens with one attached hydrogen (secondary N) is 2. The first-order chi connectivity index (χ1) is 16.6. The highest BCUT2D eigenvalue weighted by atomic mass is 32.2. The largest absolute Gasteiger partial charge is 0.495 e. The number of anilines is 2. The van der Waals surface area contributed by atoms with Crippen molar-refractivity contribution in [1.82, 2.24) is 9.97 Å². The van der Waals surface area contributed by atoms with E-state index in [1.165, 1.54) is 18.4 Å². The van der Waals surface area contributed by atoms with Crippen LogP contribution in [0.1, 0.15) is 30.8 Å². The van der Waals surface area contributed by atoms with Crippen LogP contribution in [0.25, 0.3) is 10.4 Å². The molecule has 0 spiro atoms. The first-order valence-electron chi connectivity index (χ1n) is 11.0. The summed E-state index contributed by atoms with van der Waals surface area (Å²) in [5.74, 6) is 0.258. The SMILES string of the molecule is COc1ccc(-c2sc(NC(C)(C)c3ccccc3)nc2C)cc1S(=O)(=O)Nc1cccnc1C. The molecule has 2 N–H and O–H groups in total. The van der Waals surface area contributed by atoms with Crippen molar-refractivity contribution in [2.45, 2.75) is 38.1 Å². The zero-order chi connectivity index (χ0) is 25.2. The van der Waals surface area contributed by atoms with Crippen molar-refractivity contribution in [2.75, 3.05) is 17.1 Å². The molecule has 0 aliphatic carbocycles. The van der Waals surface area contributed by atoms with Gasteiger partial charge in [0, 0.05) is 6.20 Å². The molecule has 0 radical (unpaired) electrons. The van der Waals surface area contributed by atoms with E-state index in [2.05, 4.69) is 41.0 Å². The molecule has 35 heavy (non-hydrogen) atoms. The summed E-state index contributed by atoms with van der Waals surface area (Å²) in [6.45, 7) is 7.87. The van der Waals surface area contributed by atoms with Gasteiger partial charge in [-0.15, -0.1) is 0 Å². The average molecular weight is 509 g/mol. The molecule has 182 valence electrons. The van der Waals surface area contributed by atoms with Crippen molar-refractivity contribution < 1.29 is 13.2 Å². The molecule has 0 saturated carbocycles. The summed E-state index contributed by atoms with van der Waals surface area (Å²) in [6, 6.07) is 18.7. The van der Waals surface area contributed by atoms with E-state index in [-0.39, 0.29) is 16.2 Å². The Labute approximate surface area is 210 Å². The number of nitrogens with zero attached hydrogens (tertiary/aromatic N) is 2. The molecule has 4 aromatic rings. The van der Waals surface area contributed by atoms with E-state index in [4.69, 9.17) is 9.72 Å². The van der Waals surface area contributed by atoms with Gasteiger partial charge in [-0.1, -0.05) is 41.7 Å². The number of aromatic nitrogens is 2. The zero-order valence-corrected chi connectivity index (χ0v) is 21.9. The van der Waals surface area contributed by atoms with Gasteiger partial charge in [0.05, 0.1) is 34.6 Å². The normalized spacial score (nSPS) is 11.8. The lowest BCUT2D eigenvalue weighted by molar-refractivity contribution is 0.403. The number of aryl methyl sites for hydroxylation is 2. The van der Waals surface area contributed by atoms with Crippen LogP contribution in [0.5, 0.6) is 5.75 Å². The number of hydrogen-bond acceptors (Lipinski definition) is 7. The fourth-order valence-corrected chi connectivity index (χ4v) is 6.17. The Bertz CT molecular complexity index is 1450. The third-order valence-electron chi connectivity index (χ3n) is 5.68. The number of sulfonamides is 1. The van der Waals surface area contributed by atoms with Crippen LogP contribution >= 0.6 is 11.3 Å². The number of hydrogen-bond donors (Lipinski definition) is 2. The summed E-state index contributed by atoms with van der Waals surface area (Å²) in [4.78, 5) is 9.80. The third kappa shape index (κ3) is 5.31. The van der Waals surface area contributed by atoms with Crippen molar-refractivity contribution in [3.05, 3.63) is 83.8 Å². The first kappa shape index (κ1) is 24.7. The predicted octanol–water partition coefficient (Wildman–Crippen LogP) is 5.98. The zero-order valence-electron chi connectivity index (χ0n) is 20.3. The lowest BCUT2D eigenvalue weighted by atomic mass is 9.95. The van der Waals surface area contributed by atoms with Crippen LogP contribution in [0.4, 0.5) is 10.8 Å².